The molecule has 0 aromatic heterocycles. The maximum Gasteiger partial charge on any atom is 0.243 e. The number of hydrogen-bond donors (Lipinski definition) is 1. The van der Waals surface area contributed by atoms with E-state index in [9.17, 15) is 4.79 Å². The van der Waals surface area contributed by atoms with Gasteiger partial charge in [-0.25, -0.2) is 0 Å². The molecule has 55 heavy (non-hydrogen) atoms. The number of unbranched alkanes of at least 4 members (excludes halogenated alkanes) is 20. The van der Waals surface area contributed by atoms with Gasteiger partial charge in [0.15, 0.2) is 0 Å². The number of amides is 2. The Bertz CT molecular complexity index is 971. The molecule has 4 saturated carbocycles. The number of piperidine rings is 1. The highest BCUT2D eigenvalue weighted by Gasteiger charge is 2.52. The van der Waals surface area contributed by atoms with Crippen molar-refractivity contribution in [1.29, 1.82) is 0 Å². The fourth-order valence-electron chi connectivity index (χ4n) is 12.0. The third-order valence-corrected chi connectivity index (χ3v) is 14.9. The lowest BCUT2D eigenvalue weighted by Gasteiger charge is -2.57. The Kier molecular flexibility index (Phi) is 22.7. The van der Waals surface area contributed by atoms with Crippen molar-refractivity contribution in [2.24, 2.45) is 23.7 Å². The lowest BCUT2D eigenvalue weighted by Crippen LogP contribution is -2.64. The molecule has 1 heterocycles. The summed E-state index contributed by atoms with van der Waals surface area (Å²) in [5.74, 6) is 3.43. The molecular formula is C50H93N3O2. The molecule has 1 aliphatic heterocycles. The van der Waals surface area contributed by atoms with E-state index in [1.54, 1.807) is 0 Å². The number of nitrogens with one attached hydrogen (secondary N) is 1. The average Bonchev–Trinajstić information content (AvgIpc) is 3.16. The number of hydrogen-bond acceptors (Lipinski definition) is 3. The molecule has 5 nitrogen and oxygen atoms in total. The summed E-state index contributed by atoms with van der Waals surface area (Å²) >= 11 is 0. The molecular weight excluding hydrogens is 675 g/mol. The van der Waals surface area contributed by atoms with E-state index in [1.165, 1.54) is 173 Å². The van der Waals surface area contributed by atoms with Crippen molar-refractivity contribution in [3.63, 3.8) is 0 Å². The third-order valence-electron chi connectivity index (χ3n) is 14.9. The van der Waals surface area contributed by atoms with E-state index in [-0.39, 0.29) is 23.5 Å². The van der Waals surface area contributed by atoms with Gasteiger partial charge in [0.05, 0.1) is 0 Å². The topological polar surface area (TPSA) is 52.7 Å². The lowest BCUT2D eigenvalue weighted by atomic mass is 9.53. The molecule has 5 heteroatoms. The standard InChI is InChI=1S/C50H93N3O2/c1-5-8-11-14-15-16-17-18-19-20-21-24-27-30-48(54)53(46(28-25-22-12-9-6-2)29-26-23-13-10-7-3)47(38-42-31-33-52(4)34-32-42)49(55)51-50-39-43-35-44(40-50)37-45(36-43)41-50/h42-47H,5-41H2,1-4H3,(H,51,55). The van der Waals surface area contributed by atoms with Crippen molar-refractivity contribution in [2.45, 2.75) is 263 Å². The third kappa shape index (κ3) is 17.0. The quantitative estimate of drug-likeness (QED) is 0.0694. The molecule has 5 rings (SSSR count). The van der Waals surface area contributed by atoms with Crippen LogP contribution in [0.4, 0.5) is 0 Å². The fraction of sp³-hybridized carbons (Fsp3) is 0.960. The summed E-state index contributed by atoms with van der Waals surface area (Å²) in [5, 5.41) is 3.86. The molecule has 4 aliphatic carbocycles. The molecule has 320 valence electrons. The summed E-state index contributed by atoms with van der Waals surface area (Å²) in [7, 11) is 2.24. The van der Waals surface area contributed by atoms with Crippen LogP contribution >= 0.6 is 0 Å². The lowest BCUT2D eigenvalue weighted by molar-refractivity contribution is -0.147. The van der Waals surface area contributed by atoms with Crippen LogP contribution in [0, 0.1) is 23.7 Å². The van der Waals surface area contributed by atoms with Crippen LogP contribution < -0.4 is 5.32 Å². The highest BCUT2D eigenvalue weighted by Crippen LogP contribution is 2.55. The first-order valence-electron chi connectivity index (χ1n) is 25.2. The van der Waals surface area contributed by atoms with Crippen molar-refractivity contribution >= 4 is 11.8 Å². The van der Waals surface area contributed by atoms with Crippen LogP contribution in [0.3, 0.4) is 0 Å². The van der Waals surface area contributed by atoms with E-state index in [1.807, 2.05) is 0 Å². The molecule has 0 aromatic rings. The van der Waals surface area contributed by atoms with Crippen LogP contribution in [0.25, 0.3) is 0 Å². The molecule has 4 bridgehead atoms. The monoisotopic (exact) mass is 768 g/mol. The predicted molar refractivity (Wildman–Crippen MR) is 235 cm³/mol. The van der Waals surface area contributed by atoms with Crippen molar-refractivity contribution < 1.29 is 9.59 Å². The zero-order chi connectivity index (χ0) is 39.1. The molecule has 0 aromatic carbocycles. The average molecular weight is 768 g/mol. The molecule has 1 N–H and O–H groups in total. The van der Waals surface area contributed by atoms with E-state index in [0.29, 0.717) is 18.2 Å². The summed E-state index contributed by atoms with van der Waals surface area (Å²) in [4.78, 5) is 34.8. The summed E-state index contributed by atoms with van der Waals surface area (Å²) in [5.41, 5.74) is -0.0174. The van der Waals surface area contributed by atoms with Crippen molar-refractivity contribution in [3.8, 4) is 0 Å². The number of rotatable bonds is 32. The second-order valence-corrected chi connectivity index (χ2v) is 20.0. The predicted octanol–water partition coefficient (Wildman–Crippen LogP) is 13.6. The Morgan fingerprint density at radius 2 is 1.00 bits per heavy atom. The highest BCUT2D eigenvalue weighted by molar-refractivity contribution is 5.88. The van der Waals surface area contributed by atoms with Crippen molar-refractivity contribution in [1.82, 2.24) is 15.1 Å². The second-order valence-electron chi connectivity index (χ2n) is 20.0. The molecule has 1 atom stereocenters. The van der Waals surface area contributed by atoms with Gasteiger partial charge in [-0.1, -0.05) is 162 Å². The molecule has 1 saturated heterocycles. The largest absolute Gasteiger partial charge is 0.349 e. The number of carbonyl (C=O) groups excluding carboxylic acids is 2. The van der Waals surface area contributed by atoms with Crippen molar-refractivity contribution in [3.05, 3.63) is 0 Å². The van der Waals surface area contributed by atoms with E-state index in [0.717, 1.165) is 75.8 Å². The Morgan fingerprint density at radius 1 is 0.600 bits per heavy atom. The summed E-state index contributed by atoms with van der Waals surface area (Å²) in [6.45, 7) is 9.11. The fourth-order valence-corrected chi connectivity index (χ4v) is 12.0. The van der Waals surface area contributed by atoms with Gasteiger partial charge >= 0.3 is 0 Å². The Hall–Kier alpha value is -1.10. The first-order valence-corrected chi connectivity index (χ1v) is 25.2. The molecule has 2 amide bonds. The van der Waals surface area contributed by atoms with Gasteiger partial charge < -0.3 is 15.1 Å². The molecule has 5 fully saturated rings. The van der Waals surface area contributed by atoms with Crippen LogP contribution in [0.2, 0.25) is 0 Å². The van der Waals surface area contributed by atoms with Gasteiger partial charge in [0.25, 0.3) is 0 Å². The van der Waals surface area contributed by atoms with Crippen LogP contribution in [-0.4, -0.2) is 59.4 Å². The molecule has 0 radical (unpaired) electrons. The van der Waals surface area contributed by atoms with Crippen LogP contribution in [-0.2, 0) is 9.59 Å². The maximum atomic E-state index is 15.1. The van der Waals surface area contributed by atoms with Gasteiger partial charge in [-0.05, 0) is 121 Å². The molecule has 5 aliphatic rings. The normalized spacial score (nSPS) is 24.5. The van der Waals surface area contributed by atoms with Crippen LogP contribution in [0.5, 0.6) is 0 Å². The first kappa shape index (κ1) is 46.6. The Balaban J connectivity index is 1.45. The van der Waals surface area contributed by atoms with Crippen LogP contribution in [0.15, 0.2) is 0 Å². The minimum absolute atomic E-state index is 0.0174. The second kappa shape index (κ2) is 26.8. The van der Waals surface area contributed by atoms with Crippen molar-refractivity contribution in [2.75, 3.05) is 20.1 Å². The van der Waals surface area contributed by atoms with E-state index >= 15 is 4.79 Å². The summed E-state index contributed by atoms with van der Waals surface area (Å²) in [6, 6.07) is -0.122. The maximum absolute atomic E-state index is 15.1. The van der Waals surface area contributed by atoms with E-state index in [4.69, 9.17) is 0 Å². The Labute approximate surface area is 342 Å². The number of carbonyl (C=O) groups is 2. The SMILES string of the molecule is CCCCCCCCCCCCCCCC(=O)N(C(CCCCCCC)CCCCCCC)C(CC1CCN(C)CC1)C(=O)NC12CC3CC(CC(C3)C1)C2. The zero-order valence-corrected chi connectivity index (χ0v) is 37.3. The zero-order valence-electron chi connectivity index (χ0n) is 37.3. The first-order chi connectivity index (χ1) is 26.9. The summed E-state index contributed by atoms with van der Waals surface area (Å²) < 4.78 is 0. The Morgan fingerprint density at radius 3 is 1.44 bits per heavy atom. The smallest absolute Gasteiger partial charge is 0.243 e. The molecule has 1 unspecified atom stereocenters. The minimum Gasteiger partial charge on any atom is -0.349 e. The van der Waals surface area contributed by atoms with Gasteiger partial charge in [0, 0.05) is 18.0 Å². The number of likely N-dealkylation sites (tertiary alicyclic amines) is 1. The van der Waals surface area contributed by atoms with Gasteiger partial charge in [-0.15, -0.1) is 0 Å². The highest BCUT2D eigenvalue weighted by atomic mass is 16.2. The van der Waals surface area contributed by atoms with E-state index in [2.05, 4.69) is 42.9 Å². The van der Waals surface area contributed by atoms with Crippen LogP contribution in [0.1, 0.15) is 245 Å². The molecule has 0 spiro atoms. The van der Waals surface area contributed by atoms with Gasteiger partial charge in [0.1, 0.15) is 6.04 Å². The van der Waals surface area contributed by atoms with Gasteiger partial charge in [0.2, 0.25) is 11.8 Å². The van der Waals surface area contributed by atoms with Gasteiger partial charge in [-0.3, -0.25) is 9.59 Å². The minimum atomic E-state index is -0.313. The van der Waals surface area contributed by atoms with E-state index < -0.39 is 0 Å². The number of nitrogens with zero attached hydrogens (tertiary/aromatic N) is 2. The van der Waals surface area contributed by atoms with Gasteiger partial charge in [-0.2, -0.15) is 0 Å². The summed E-state index contributed by atoms with van der Waals surface area (Å²) in [6.07, 6.45) is 43.3.